The lowest BCUT2D eigenvalue weighted by Crippen LogP contribution is -2.35. The van der Waals surface area contributed by atoms with E-state index in [9.17, 15) is 9.90 Å². The smallest absolute Gasteiger partial charge is 0.407 e. The molecule has 0 saturated carbocycles. The second-order valence-electron chi connectivity index (χ2n) is 3.77. The zero-order valence-corrected chi connectivity index (χ0v) is 8.90. The van der Waals surface area contributed by atoms with Crippen LogP contribution in [-0.2, 0) is 5.41 Å². The molecule has 2 heterocycles. The highest BCUT2D eigenvalue weighted by Crippen LogP contribution is 2.35. The van der Waals surface area contributed by atoms with Gasteiger partial charge < -0.3 is 15.1 Å². The van der Waals surface area contributed by atoms with Gasteiger partial charge >= 0.3 is 6.09 Å². The third-order valence-corrected chi connectivity index (χ3v) is 3.88. The Balaban J connectivity index is 2.22. The van der Waals surface area contributed by atoms with Gasteiger partial charge in [0.25, 0.3) is 0 Å². The number of likely N-dealkylation sites (tertiary alicyclic amines) is 1. The average molecular weight is 228 g/mol. The monoisotopic (exact) mass is 228 g/mol. The normalized spacial score (nSPS) is 25.8. The maximum atomic E-state index is 10.8. The second-order valence-corrected chi connectivity index (χ2v) is 4.60. The summed E-state index contributed by atoms with van der Waals surface area (Å²) in [6, 6.07) is 1.85. The van der Waals surface area contributed by atoms with E-state index in [0.29, 0.717) is 19.5 Å². The Kier molecular flexibility index (Phi) is 2.62. The van der Waals surface area contributed by atoms with Crippen molar-refractivity contribution in [1.82, 2.24) is 9.27 Å². The zero-order valence-electron chi connectivity index (χ0n) is 8.09. The Hall–Kier alpha value is -1.14. The van der Waals surface area contributed by atoms with Gasteiger partial charge in [-0.1, -0.05) is 0 Å². The number of carboxylic acid groups (broad SMARTS) is 1. The van der Waals surface area contributed by atoms with Gasteiger partial charge in [-0.15, -0.1) is 0 Å². The first kappa shape index (κ1) is 10.4. The van der Waals surface area contributed by atoms with E-state index in [-0.39, 0.29) is 6.61 Å². The lowest BCUT2D eigenvalue weighted by Gasteiger charge is -2.24. The van der Waals surface area contributed by atoms with Crippen molar-refractivity contribution in [2.24, 2.45) is 0 Å². The summed E-state index contributed by atoms with van der Waals surface area (Å²) in [5.74, 6) is 0. The van der Waals surface area contributed by atoms with Crippen molar-refractivity contribution < 1.29 is 15.0 Å². The minimum Gasteiger partial charge on any atom is -0.465 e. The number of nitrogens with zero attached hydrogens (tertiary/aromatic N) is 2. The number of aromatic nitrogens is 1. The summed E-state index contributed by atoms with van der Waals surface area (Å²) in [5.41, 5.74) is -0.431. The van der Waals surface area contributed by atoms with Gasteiger partial charge in [-0.25, -0.2) is 9.17 Å². The van der Waals surface area contributed by atoms with E-state index in [4.69, 9.17) is 5.11 Å². The van der Waals surface area contributed by atoms with Crippen molar-refractivity contribution in [2.75, 3.05) is 19.7 Å². The molecule has 2 rings (SSSR count). The van der Waals surface area contributed by atoms with Crippen molar-refractivity contribution in [3.05, 3.63) is 17.1 Å². The number of hydrogen-bond acceptors (Lipinski definition) is 4. The zero-order chi connectivity index (χ0) is 10.9. The van der Waals surface area contributed by atoms with E-state index in [1.165, 1.54) is 16.4 Å². The summed E-state index contributed by atoms with van der Waals surface area (Å²) in [6.07, 6.45) is 1.42. The van der Waals surface area contributed by atoms with Crippen molar-refractivity contribution in [1.29, 1.82) is 0 Å². The molecule has 1 aliphatic rings. The van der Waals surface area contributed by atoms with Crippen LogP contribution >= 0.6 is 11.5 Å². The van der Waals surface area contributed by atoms with Crippen molar-refractivity contribution >= 4 is 17.6 Å². The summed E-state index contributed by atoms with van der Waals surface area (Å²) < 4.78 is 3.99. The summed E-state index contributed by atoms with van der Waals surface area (Å²) >= 11 is 1.33. The van der Waals surface area contributed by atoms with Crippen LogP contribution in [0.15, 0.2) is 12.3 Å². The third-order valence-electron chi connectivity index (χ3n) is 2.89. The van der Waals surface area contributed by atoms with Gasteiger partial charge in [-0.05, 0) is 24.0 Å². The van der Waals surface area contributed by atoms with Gasteiger partial charge in [0.15, 0.2) is 0 Å². The van der Waals surface area contributed by atoms with E-state index in [1.807, 2.05) is 6.07 Å². The second kappa shape index (κ2) is 3.79. The van der Waals surface area contributed by atoms with Crippen LogP contribution in [0, 0.1) is 0 Å². The number of amides is 1. The van der Waals surface area contributed by atoms with Crippen LogP contribution in [0.3, 0.4) is 0 Å². The fraction of sp³-hybridized carbons (Fsp3) is 0.556. The molecule has 0 bridgehead atoms. The molecule has 15 heavy (non-hydrogen) atoms. The van der Waals surface area contributed by atoms with E-state index >= 15 is 0 Å². The highest BCUT2D eigenvalue weighted by atomic mass is 32.1. The highest BCUT2D eigenvalue weighted by molar-refractivity contribution is 7.05. The first-order valence-electron chi connectivity index (χ1n) is 4.68. The van der Waals surface area contributed by atoms with Crippen LogP contribution < -0.4 is 0 Å². The predicted molar refractivity (Wildman–Crippen MR) is 55.1 cm³/mol. The maximum Gasteiger partial charge on any atom is 0.407 e. The minimum absolute atomic E-state index is 0.0288. The summed E-state index contributed by atoms with van der Waals surface area (Å²) in [6.45, 7) is 0.813. The van der Waals surface area contributed by atoms with Crippen LogP contribution in [0.5, 0.6) is 0 Å². The van der Waals surface area contributed by atoms with Gasteiger partial charge in [0.05, 0.1) is 6.61 Å². The number of aliphatic hydroxyl groups is 1. The molecule has 2 N–H and O–H groups in total. The molecule has 1 aliphatic heterocycles. The first-order valence-corrected chi connectivity index (χ1v) is 5.45. The van der Waals surface area contributed by atoms with Crippen molar-refractivity contribution in [3.8, 4) is 0 Å². The third kappa shape index (κ3) is 1.70. The molecule has 82 valence electrons. The molecule has 0 aromatic carbocycles. The molecule has 1 aromatic rings. The van der Waals surface area contributed by atoms with Crippen LogP contribution in [0.2, 0.25) is 0 Å². The average Bonchev–Trinajstić information content (AvgIpc) is 2.87. The molecule has 0 radical (unpaired) electrons. The molecule has 1 atom stereocenters. The Morgan fingerprint density at radius 1 is 1.73 bits per heavy atom. The largest absolute Gasteiger partial charge is 0.465 e. The summed E-state index contributed by atoms with van der Waals surface area (Å²) in [4.78, 5) is 13.1. The SMILES string of the molecule is O=C(O)N1CC[C@@](CO)(c2ccns2)C1. The van der Waals surface area contributed by atoms with Crippen LogP contribution in [0.4, 0.5) is 4.79 Å². The van der Waals surface area contributed by atoms with E-state index in [2.05, 4.69) is 4.37 Å². The molecular formula is C9H12N2O3S. The van der Waals surface area contributed by atoms with E-state index in [0.717, 1.165) is 4.88 Å². The van der Waals surface area contributed by atoms with Gasteiger partial charge in [-0.3, -0.25) is 0 Å². The Labute approximate surface area is 91.1 Å². The molecule has 1 saturated heterocycles. The maximum absolute atomic E-state index is 10.8. The molecule has 6 heteroatoms. The molecule has 1 fully saturated rings. The lowest BCUT2D eigenvalue weighted by molar-refractivity contribution is 0.146. The van der Waals surface area contributed by atoms with Gasteiger partial charge in [-0.2, -0.15) is 0 Å². The van der Waals surface area contributed by atoms with Gasteiger partial charge in [0, 0.05) is 29.6 Å². The predicted octanol–water partition coefficient (Wildman–Crippen LogP) is 0.757. The molecule has 0 unspecified atom stereocenters. The topological polar surface area (TPSA) is 73.7 Å². The molecule has 5 nitrogen and oxygen atoms in total. The fourth-order valence-corrected chi connectivity index (χ4v) is 2.71. The van der Waals surface area contributed by atoms with Gasteiger partial charge in [0.2, 0.25) is 0 Å². The molecule has 0 spiro atoms. The molecule has 0 aliphatic carbocycles. The standard InChI is InChI=1S/C9H12N2O3S/c12-6-9(7-1-3-10-15-7)2-4-11(5-9)8(13)14/h1,3,12H,2,4-6H2,(H,13,14)/t9-/m1/s1. The van der Waals surface area contributed by atoms with Gasteiger partial charge in [0.1, 0.15) is 0 Å². The van der Waals surface area contributed by atoms with Crippen LogP contribution in [0.25, 0.3) is 0 Å². The molecule has 1 aromatic heterocycles. The number of hydrogen-bond donors (Lipinski definition) is 2. The molecular weight excluding hydrogens is 216 g/mol. The minimum atomic E-state index is -0.921. The summed E-state index contributed by atoms with van der Waals surface area (Å²) in [7, 11) is 0. The van der Waals surface area contributed by atoms with Crippen LogP contribution in [0.1, 0.15) is 11.3 Å². The van der Waals surface area contributed by atoms with Crippen LogP contribution in [-0.4, -0.2) is 45.3 Å². The first-order chi connectivity index (χ1) is 7.18. The van der Waals surface area contributed by atoms with Crippen molar-refractivity contribution in [3.63, 3.8) is 0 Å². The van der Waals surface area contributed by atoms with E-state index in [1.54, 1.807) is 6.20 Å². The lowest BCUT2D eigenvalue weighted by atomic mass is 9.86. The van der Waals surface area contributed by atoms with E-state index < -0.39 is 11.5 Å². The highest BCUT2D eigenvalue weighted by Gasteiger charge is 2.42. The Morgan fingerprint density at radius 2 is 2.53 bits per heavy atom. The summed E-state index contributed by atoms with van der Waals surface area (Å²) in [5, 5.41) is 18.3. The number of aliphatic hydroxyl groups excluding tert-OH is 1. The fourth-order valence-electron chi connectivity index (χ4n) is 1.93. The Bertz CT molecular complexity index is 354. The van der Waals surface area contributed by atoms with Crippen molar-refractivity contribution in [2.45, 2.75) is 11.8 Å². The quantitative estimate of drug-likeness (QED) is 0.783. The number of rotatable bonds is 2. The Morgan fingerprint density at radius 3 is 3.00 bits per heavy atom. The molecule has 1 amide bonds. The number of carbonyl (C=O) groups is 1.